The van der Waals surface area contributed by atoms with E-state index in [1.807, 2.05) is 30.5 Å². The summed E-state index contributed by atoms with van der Waals surface area (Å²) in [6, 6.07) is 7.49. The van der Waals surface area contributed by atoms with Gasteiger partial charge in [-0.1, -0.05) is 17.3 Å². The van der Waals surface area contributed by atoms with Crippen LogP contribution in [0.2, 0.25) is 0 Å². The van der Waals surface area contributed by atoms with E-state index in [1.165, 1.54) is 4.31 Å². The van der Waals surface area contributed by atoms with Gasteiger partial charge in [-0.15, -0.1) is 11.3 Å². The summed E-state index contributed by atoms with van der Waals surface area (Å²) >= 11 is 1.54. The van der Waals surface area contributed by atoms with E-state index < -0.39 is 10.0 Å². The molecule has 3 aromatic rings. The maximum absolute atomic E-state index is 13.3. The van der Waals surface area contributed by atoms with E-state index in [2.05, 4.69) is 15.5 Å². The lowest BCUT2D eigenvalue weighted by Crippen LogP contribution is -2.41. The Kier molecular flexibility index (Phi) is 6.54. The van der Waals surface area contributed by atoms with Gasteiger partial charge in [0.15, 0.2) is 10.7 Å². The van der Waals surface area contributed by atoms with Gasteiger partial charge in [-0.3, -0.25) is 4.79 Å². The number of aromatic nitrogens is 2. The first kappa shape index (κ1) is 22.4. The predicted octanol–water partition coefficient (Wildman–Crippen LogP) is 3.96. The van der Waals surface area contributed by atoms with Crippen molar-refractivity contribution in [3.63, 3.8) is 0 Å². The number of carbonyl (C=O) groups excluding carboxylic acids is 1. The van der Waals surface area contributed by atoms with Crippen molar-refractivity contribution in [1.82, 2.24) is 14.4 Å². The summed E-state index contributed by atoms with van der Waals surface area (Å²) in [5, 5.41) is 8.63. The number of carbonyl (C=O) groups is 1. The van der Waals surface area contributed by atoms with Gasteiger partial charge in [0, 0.05) is 30.1 Å². The first-order valence-corrected chi connectivity index (χ1v) is 12.6. The van der Waals surface area contributed by atoms with E-state index in [-0.39, 0.29) is 35.6 Å². The van der Waals surface area contributed by atoms with Crippen LogP contribution >= 0.6 is 11.3 Å². The molecule has 0 bridgehead atoms. The molecule has 1 aliphatic rings. The molecule has 168 valence electrons. The monoisotopic (exact) mass is 472 g/mol. The molecule has 32 heavy (non-hydrogen) atoms. The molecular weight excluding hydrogens is 448 g/mol. The minimum absolute atomic E-state index is 0.0806. The Morgan fingerprint density at radius 3 is 2.66 bits per heavy atom. The molecule has 4 rings (SSSR count). The lowest BCUT2D eigenvalue weighted by molar-refractivity contribution is -0.120. The average molecular weight is 473 g/mol. The molecule has 0 atom stereocenters. The normalized spacial score (nSPS) is 15.9. The van der Waals surface area contributed by atoms with Crippen molar-refractivity contribution in [2.24, 2.45) is 5.92 Å². The number of pyridine rings is 1. The maximum atomic E-state index is 13.3. The van der Waals surface area contributed by atoms with Gasteiger partial charge in [0.1, 0.15) is 11.5 Å². The second-order valence-electron chi connectivity index (χ2n) is 7.70. The predicted molar refractivity (Wildman–Crippen MR) is 124 cm³/mol. The fourth-order valence-corrected chi connectivity index (χ4v) is 5.94. The Bertz CT molecular complexity index is 1210. The van der Waals surface area contributed by atoms with E-state index in [4.69, 9.17) is 4.52 Å². The molecule has 1 N–H and O–H groups in total. The standard InChI is InChI=1S/C22H24N4O4S2/c1-15-5-8-20(23-14-15)24-22(27)17-9-11-26(12-10-17)32(28,29)21-16(2)25-30-19(21)7-6-18-4-3-13-31-18/h3-8,13-14,17H,9-12H2,1-2H3,(H,23,24,27). The van der Waals surface area contributed by atoms with Crippen LogP contribution in [0.1, 0.15) is 34.7 Å². The minimum atomic E-state index is -3.80. The molecule has 1 saturated heterocycles. The van der Waals surface area contributed by atoms with Gasteiger partial charge in [0.05, 0.1) is 0 Å². The van der Waals surface area contributed by atoms with Gasteiger partial charge < -0.3 is 9.84 Å². The van der Waals surface area contributed by atoms with Crippen LogP contribution < -0.4 is 5.32 Å². The molecule has 0 spiro atoms. The number of hydrogen-bond donors (Lipinski definition) is 1. The molecule has 0 unspecified atom stereocenters. The Morgan fingerprint density at radius 1 is 1.22 bits per heavy atom. The van der Waals surface area contributed by atoms with Crippen molar-refractivity contribution in [2.45, 2.75) is 31.6 Å². The van der Waals surface area contributed by atoms with Gasteiger partial charge in [-0.05, 0) is 61.9 Å². The second-order valence-corrected chi connectivity index (χ2v) is 10.6. The van der Waals surface area contributed by atoms with Crippen LogP contribution in [0.5, 0.6) is 0 Å². The van der Waals surface area contributed by atoms with Gasteiger partial charge in [-0.2, -0.15) is 4.31 Å². The number of amides is 1. The molecule has 10 heteroatoms. The molecule has 0 radical (unpaired) electrons. The zero-order valence-corrected chi connectivity index (χ0v) is 19.4. The molecule has 1 aliphatic heterocycles. The average Bonchev–Trinajstić information content (AvgIpc) is 3.43. The third-order valence-electron chi connectivity index (χ3n) is 5.36. The molecule has 1 fully saturated rings. The lowest BCUT2D eigenvalue weighted by atomic mass is 9.97. The summed E-state index contributed by atoms with van der Waals surface area (Å²) in [6.45, 7) is 4.05. The Morgan fingerprint density at radius 2 is 2.00 bits per heavy atom. The number of rotatable bonds is 6. The minimum Gasteiger partial charge on any atom is -0.355 e. The summed E-state index contributed by atoms with van der Waals surface area (Å²) in [5.41, 5.74) is 1.33. The molecule has 1 amide bonds. The number of aryl methyl sites for hydroxylation is 2. The molecular formula is C22H24N4O4S2. The fourth-order valence-electron chi connectivity index (χ4n) is 3.60. The van der Waals surface area contributed by atoms with Crippen molar-refractivity contribution in [3.8, 4) is 0 Å². The highest BCUT2D eigenvalue weighted by molar-refractivity contribution is 7.89. The van der Waals surface area contributed by atoms with Crippen LogP contribution in [0.3, 0.4) is 0 Å². The number of thiophene rings is 1. The van der Waals surface area contributed by atoms with Crippen molar-refractivity contribution in [3.05, 3.63) is 57.7 Å². The van der Waals surface area contributed by atoms with Crippen molar-refractivity contribution in [1.29, 1.82) is 0 Å². The van der Waals surface area contributed by atoms with Crippen molar-refractivity contribution >= 4 is 45.2 Å². The molecule has 0 saturated carbocycles. The van der Waals surface area contributed by atoms with Crippen molar-refractivity contribution < 1.29 is 17.7 Å². The zero-order valence-electron chi connectivity index (χ0n) is 17.8. The molecule has 3 aromatic heterocycles. The summed E-state index contributed by atoms with van der Waals surface area (Å²) in [5.74, 6) is 0.296. The topological polar surface area (TPSA) is 105 Å². The molecule has 8 nitrogen and oxygen atoms in total. The summed E-state index contributed by atoms with van der Waals surface area (Å²) in [7, 11) is -3.80. The number of hydrogen-bond acceptors (Lipinski definition) is 7. The zero-order chi connectivity index (χ0) is 22.7. The van der Waals surface area contributed by atoms with E-state index >= 15 is 0 Å². The van der Waals surface area contributed by atoms with E-state index in [0.717, 1.165) is 10.4 Å². The van der Waals surface area contributed by atoms with E-state index in [9.17, 15) is 13.2 Å². The second kappa shape index (κ2) is 9.35. The Hall–Kier alpha value is -2.82. The summed E-state index contributed by atoms with van der Waals surface area (Å²) < 4.78 is 33.4. The number of nitrogens with one attached hydrogen (secondary N) is 1. The van der Waals surface area contributed by atoms with Crippen molar-refractivity contribution in [2.75, 3.05) is 18.4 Å². The largest absolute Gasteiger partial charge is 0.355 e. The highest BCUT2D eigenvalue weighted by atomic mass is 32.2. The number of nitrogens with zero attached hydrogens (tertiary/aromatic N) is 3. The lowest BCUT2D eigenvalue weighted by Gasteiger charge is -2.30. The van der Waals surface area contributed by atoms with Crippen LogP contribution in [0, 0.1) is 19.8 Å². The Labute approximate surface area is 191 Å². The van der Waals surface area contributed by atoms with E-state index in [1.54, 1.807) is 42.7 Å². The van der Waals surface area contributed by atoms with Gasteiger partial charge in [0.25, 0.3) is 0 Å². The van der Waals surface area contributed by atoms with Crippen LogP contribution in [-0.4, -0.2) is 41.9 Å². The Balaban J connectivity index is 1.43. The quantitative estimate of drug-likeness (QED) is 0.582. The highest BCUT2D eigenvalue weighted by Gasteiger charge is 2.36. The third-order valence-corrected chi connectivity index (χ3v) is 8.26. The highest BCUT2D eigenvalue weighted by Crippen LogP contribution is 2.29. The molecule has 0 aliphatic carbocycles. The van der Waals surface area contributed by atoms with Crippen LogP contribution in [-0.2, 0) is 14.8 Å². The van der Waals surface area contributed by atoms with Crippen LogP contribution in [0.4, 0.5) is 5.82 Å². The third kappa shape index (κ3) is 4.82. The number of anilines is 1. The summed E-state index contributed by atoms with van der Waals surface area (Å²) in [4.78, 5) is 17.9. The molecule has 0 aromatic carbocycles. The van der Waals surface area contributed by atoms with E-state index in [0.29, 0.717) is 24.4 Å². The van der Waals surface area contributed by atoms with Gasteiger partial charge in [-0.25, -0.2) is 13.4 Å². The summed E-state index contributed by atoms with van der Waals surface area (Å²) in [6.07, 6.45) is 5.99. The van der Waals surface area contributed by atoms with Gasteiger partial charge in [0.2, 0.25) is 15.9 Å². The van der Waals surface area contributed by atoms with Crippen LogP contribution in [0.15, 0.2) is 45.3 Å². The molecule has 4 heterocycles. The SMILES string of the molecule is Cc1ccc(NC(=O)C2CCN(S(=O)(=O)c3c(C)noc3C=Cc3cccs3)CC2)nc1. The fraction of sp³-hybridized carbons (Fsp3) is 0.318. The smallest absolute Gasteiger partial charge is 0.248 e. The first-order chi connectivity index (χ1) is 15.3. The van der Waals surface area contributed by atoms with Gasteiger partial charge >= 0.3 is 0 Å². The number of sulfonamides is 1. The number of piperidine rings is 1. The first-order valence-electron chi connectivity index (χ1n) is 10.3. The van der Waals surface area contributed by atoms with Crippen LogP contribution in [0.25, 0.3) is 12.2 Å². The maximum Gasteiger partial charge on any atom is 0.248 e.